The molecule has 0 radical (unpaired) electrons. The van der Waals surface area contributed by atoms with Crippen LogP contribution in [0.3, 0.4) is 0 Å². The van der Waals surface area contributed by atoms with Crippen molar-refractivity contribution in [1.82, 2.24) is 14.5 Å². The quantitative estimate of drug-likeness (QED) is 0.316. The highest BCUT2D eigenvalue weighted by atomic mass is 35.5. The lowest BCUT2D eigenvalue weighted by atomic mass is 10.2. The Bertz CT molecular complexity index is 1080. The summed E-state index contributed by atoms with van der Waals surface area (Å²) in [4.78, 5) is 31.7. The zero-order chi connectivity index (χ0) is 20.3. The van der Waals surface area contributed by atoms with Gasteiger partial charge in [-0.2, -0.15) is 0 Å². The van der Waals surface area contributed by atoms with Crippen LogP contribution in [-0.4, -0.2) is 33.2 Å². The van der Waals surface area contributed by atoms with Gasteiger partial charge in [0, 0.05) is 30.7 Å². The maximum atomic E-state index is 13.9. The van der Waals surface area contributed by atoms with Crippen LogP contribution in [0.25, 0.3) is 10.2 Å². The Balaban J connectivity index is 1.76. The molecule has 0 spiro atoms. The molecule has 28 heavy (non-hydrogen) atoms. The van der Waals surface area contributed by atoms with Gasteiger partial charge in [0.15, 0.2) is 5.16 Å². The summed E-state index contributed by atoms with van der Waals surface area (Å²) in [5, 5.41) is 3.08. The molecule has 0 aliphatic carbocycles. The number of benzene rings is 1. The number of aromatic nitrogens is 2. The zero-order valence-electron chi connectivity index (χ0n) is 15.0. The maximum Gasteiger partial charge on any atom is 0.263 e. The highest BCUT2D eigenvalue weighted by Crippen LogP contribution is 2.23. The van der Waals surface area contributed by atoms with Crippen LogP contribution < -0.4 is 5.56 Å². The predicted octanol–water partition coefficient (Wildman–Crippen LogP) is 4.19. The van der Waals surface area contributed by atoms with Gasteiger partial charge in [0.25, 0.3) is 5.56 Å². The van der Waals surface area contributed by atoms with Gasteiger partial charge in [-0.05, 0) is 23.6 Å². The van der Waals surface area contributed by atoms with Crippen LogP contribution in [0.15, 0.2) is 52.3 Å². The summed E-state index contributed by atoms with van der Waals surface area (Å²) >= 11 is 8.57. The first-order valence-corrected chi connectivity index (χ1v) is 10.5. The second kappa shape index (κ2) is 8.89. The molecule has 2 heterocycles. The molecule has 0 aliphatic heterocycles. The van der Waals surface area contributed by atoms with Crippen LogP contribution in [0.2, 0.25) is 5.02 Å². The normalized spacial score (nSPS) is 11.0. The minimum atomic E-state index is -0.454. The number of hydrogen-bond donors (Lipinski definition) is 0. The van der Waals surface area contributed by atoms with Crippen molar-refractivity contribution in [1.29, 1.82) is 0 Å². The van der Waals surface area contributed by atoms with E-state index in [-0.39, 0.29) is 34.4 Å². The molecule has 146 valence electrons. The van der Waals surface area contributed by atoms with E-state index in [2.05, 4.69) is 11.6 Å². The minimum Gasteiger partial charge on any atom is -0.341 e. The van der Waals surface area contributed by atoms with Crippen LogP contribution in [0.1, 0.15) is 5.56 Å². The Morgan fingerprint density at radius 2 is 2.25 bits per heavy atom. The first-order chi connectivity index (χ1) is 13.4. The number of rotatable bonds is 7. The molecule has 0 atom stereocenters. The molecule has 0 saturated heterocycles. The first kappa shape index (κ1) is 20.6. The maximum absolute atomic E-state index is 13.9. The molecule has 0 aliphatic rings. The Morgan fingerprint density at radius 3 is 2.96 bits per heavy atom. The third-order valence-electron chi connectivity index (χ3n) is 4.07. The number of amides is 1. The van der Waals surface area contributed by atoms with E-state index >= 15 is 0 Å². The molecule has 3 aromatic rings. The second-order valence-corrected chi connectivity index (χ2v) is 8.22. The summed E-state index contributed by atoms with van der Waals surface area (Å²) in [6.45, 7) is 4.03. The van der Waals surface area contributed by atoms with Crippen molar-refractivity contribution in [3.63, 3.8) is 0 Å². The van der Waals surface area contributed by atoms with E-state index in [0.717, 1.165) is 0 Å². The standard InChI is InChI=1S/C19H17ClFN3O2S2/c1-3-8-24-18(26)12-7-9-27-17(12)22-19(24)28-11-16(25)23(2)10-13-14(20)5-4-6-15(13)21/h3-7,9H,1,8,10-11H2,2H3. The molecule has 5 nitrogen and oxygen atoms in total. The molecule has 1 amide bonds. The summed E-state index contributed by atoms with van der Waals surface area (Å²) in [6, 6.07) is 6.15. The van der Waals surface area contributed by atoms with Gasteiger partial charge in [-0.1, -0.05) is 35.5 Å². The van der Waals surface area contributed by atoms with E-state index in [0.29, 0.717) is 21.9 Å². The van der Waals surface area contributed by atoms with Gasteiger partial charge in [-0.25, -0.2) is 9.37 Å². The molecule has 0 bridgehead atoms. The lowest BCUT2D eigenvalue weighted by Crippen LogP contribution is -2.29. The van der Waals surface area contributed by atoms with Gasteiger partial charge in [-0.3, -0.25) is 14.2 Å². The van der Waals surface area contributed by atoms with Crippen molar-refractivity contribution in [2.75, 3.05) is 12.8 Å². The van der Waals surface area contributed by atoms with Crippen LogP contribution in [0, 0.1) is 5.82 Å². The van der Waals surface area contributed by atoms with Gasteiger partial charge in [0.05, 0.1) is 11.1 Å². The number of allylic oxidation sites excluding steroid dienone is 1. The summed E-state index contributed by atoms with van der Waals surface area (Å²) in [6.07, 6.45) is 1.61. The molecule has 0 fully saturated rings. The van der Waals surface area contributed by atoms with E-state index in [9.17, 15) is 14.0 Å². The predicted molar refractivity (Wildman–Crippen MR) is 113 cm³/mol. The van der Waals surface area contributed by atoms with Crippen molar-refractivity contribution >= 4 is 50.8 Å². The number of fused-ring (bicyclic) bond motifs is 1. The molecular formula is C19H17ClFN3O2S2. The fourth-order valence-corrected chi connectivity index (χ4v) is 4.55. The highest BCUT2D eigenvalue weighted by Gasteiger charge is 2.17. The zero-order valence-corrected chi connectivity index (χ0v) is 17.4. The van der Waals surface area contributed by atoms with E-state index in [4.69, 9.17) is 11.6 Å². The van der Waals surface area contributed by atoms with E-state index < -0.39 is 5.82 Å². The number of thioether (sulfide) groups is 1. The fourth-order valence-electron chi connectivity index (χ4n) is 2.58. The van der Waals surface area contributed by atoms with Gasteiger partial charge >= 0.3 is 0 Å². The topological polar surface area (TPSA) is 55.2 Å². The average molecular weight is 438 g/mol. The molecule has 0 N–H and O–H groups in total. The van der Waals surface area contributed by atoms with E-state index in [1.807, 2.05) is 5.38 Å². The monoisotopic (exact) mass is 437 g/mol. The number of carbonyl (C=O) groups excluding carboxylic acids is 1. The molecule has 2 aromatic heterocycles. The average Bonchev–Trinajstić information content (AvgIpc) is 3.14. The first-order valence-electron chi connectivity index (χ1n) is 8.31. The number of nitrogens with zero attached hydrogens (tertiary/aromatic N) is 3. The SMILES string of the molecule is C=CCn1c(SCC(=O)N(C)Cc2c(F)cccc2Cl)nc2sccc2c1=O. The number of thiophene rings is 1. The third-order valence-corrected chi connectivity index (χ3v) is 6.19. The van der Waals surface area contributed by atoms with Crippen molar-refractivity contribution in [2.45, 2.75) is 18.2 Å². The fraction of sp³-hybridized carbons (Fsp3) is 0.211. The summed E-state index contributed by atoms with van der Waals surface area (Å²) in [5.41, 5.74) is 0.110. The van der Waals surface area contributed by atoms with E-state index in [1.54, 1.807) is 25.3 Å². The van der Waals surface area contributed by atoms with Gasteiger partial charge < -0.3 is 4.90 Å². The van der Waals surface area contributed by atoms with E-state index in [1.165, 1.54) is 44.7 Å². The van der Waals surface area contributed by atoms with Crippen molar-refractivity contribution < 1.29 is 9.18 Å². The smallest absolute Gasteiger partial charge is 0.263 e. The van der Waals surface area contributed by atoms with Crippen molar-refractivity contribution in [3.05, 3.63) is 69.1 Å². The number of halogens is 2. The molecule has 1 aromatic carbocycles. The largest absolute Gasteiger partial charge is 0.341 e. The lowest BCUT2D eigenvalue weighted by Gasteiger charge is -2.18. The summed E-state index contributed by atoms with van der Waals surface area (Å²) < 4.78 is 15.4. The number of carbonyl (C=O) groups is 1. The summed E-state index contributed by atoms with van der Waals surface area (Å²) in [5.74, 6) is -0.623. The highest BCUT2D eigenvalue weighted by molar-refractivity contribution is 7.99. The molecule has 3 rings (SSSR count). The molecule has 0 saturated carbocycles. The number of hydrogen-bond acceptors (Lipinski definition) is 5. The molecule has 0 unspecified atom stereocenters. The Hall–Kier alpha value is -2.16. The Morgan fingerprint density at radius 1 is 1.46 bits per heavy atom. The van der Waals surface area contributed by atoms with Crippen molar-refractivity contribution in [3.8, 4) is 0 Å². The van der Waals surface area contributed by atoms with Gasteiger partial charge in [0.1, 0.15) is 10.6 Å². The van der Waals surface area contributed by atoms with Crippen molar-refractivity contribution in [2.24, 2.45) is 0 Å². The lowest BCUT2D eigenvalue weighted by molar-refractivity contribution is -0.127. The molecular weight excluding hydrogens is 421 g/mol. The molecule has 9 heteroatoms. The Kier molecular flexibility index (Phi) is 6.53. The van der Waals surface area contributed by atoms with Crippen LogP contribution in [-0.2, 0) is 17.9 Å². The Labute approximate surface area is 174 Å². The third kappa shape index (κ3) is 4.29. The van der Waals surface area contributed by atoms with Crippen LogP contribution >= 0.6 is 34.7 Å². The van der Waals surface area contributed by atoms with Gasteiger partial charge in [-0.15, -0.1) is 17.9 Å². The van der Waals surface area contributed by atoms with Crippen LogP contribution in [0.4, 0.5) is 4.39 Å². The summed E-state index contributed by atoms with van der Waals surface area (Å²) in [7, 11) is 1.58. The second-order valence-electron chi connectivity index (χ2n) is 5.98. The van der Waals surface area contributed by atoms with Gasteiger partial charge in [0.2, 0.25) is 5.91 Å². The van der Waals surface area contributed by atoms with Crippen LogP contribution in [0.5, 0.6) is 0 Å². The minimum absolute atomic E-state index is 0.0573.